The molecule has 3 aromatic carbocycles. The maximum absolute atomic E-state index is 15.3. The standard InChI is InChI=1S/C34H38F2O2/c1-3-5-6-7-11-25-38-34(37-24-4-2)22-20-29(21-23-34)31-19-18-30(32(35)33(31)36)28-16-14-27(15-17-28)26-12-9-8-10-13-26/h8-10,12-22H,3-7,11,23-25H2,1-2H3. The first-order valence-corrected chi connectivity index (χ1v) is 13.9. The average molecular weight is 517 g/mol. The zero-order valence-electron chi connectivity index (χ0n) is 22.5. The summed E-state index contributed by atoms with van der Waals surface area (Å²) >= 11 is 0. The van der Waals surface area contributed by atoms with Gasteiger partial charge in [-0.15, -0.1) is 0 Å². The number of hydrogen-bond donors (Lipinski definition) is 0. The van der Waals surface area contributed by atoms with Gasteiger partial charge in [-0.25, -0.2) is 8.78 Å². The highest BCUT2D eigenvalue weighted by atomic mass is 19.2. The van der Waals surface area contributed by atoms with E-state index >= 15 is 8.78 Å². The molecule has 0 spiro atoms. The van der Waals surface area contributed by atoms with E-state index in [-0.39, 0.29) is 11.1 Å². The van der Waals surface area contributed by atoms with Crippen molar-refractivity contribution in [3.8, 4) is 22.3 Å². The molecular weight excluding hydrogens is 478 g/mol. The number of unbranched alkanes of at least 4 members (excludes halogenated alkanes) is 4. The topological polar surface area (TPSA) is 18.5 Å². The summed E-state index contributed by atoms with van der Waals surface area (Å²) in [6.07, 6.45) is 12.6. The molecule has 0 aliphatic heterocycles. The zero-order chi connectivity index (χ0) is 26.8. The predicted octanol–water partition coefficient (Wildman–Crippen LogP) is 9.75. The third kappa shape index (κ3) is 6.86. The van der Waals surface area contributed by atoms with Gasteiger partial charge in [0.2, 0.25) is 0 Å². The van der Waals surface area contributed by atoms with Crippen molar-refractivity contribution in [3.05, 3.63) is 102 Å². The minimum atomic E-state index is -0.847. The summed E-state index contributed by atoms with van der Waals surface area (Å²) in [6.45, 7) is 5.44. The summed E-state index contributed by atoms with van der Waals surface area (Å²) < 4.78 is 42.8. The molecule has 4 rings (SSSR count). The van der Waals surface area contributed by atoms with Gasteiger partial charge in [0.15, 0.2) is 17.4 Å². The smallest absolute Gasteiger partial charge is 0.191 e. The molecule has 1 atom stereocenters. The monoisotopic (exact) mass is 516 g/mol. The number of hydrogen-bond acceptors (Lipinski definition) is 2. The molecule has 0 radical (unpaired) electrons. The van der Waals surface area contributed by atoms with Crippen molar-refractivity contribution >= 4 is 5.57 Å². The molecule has 0 heterocycles. The van der Waals surface area contributed by atoms with Crippen LogP contribution >= 0.6 is 0 Å². The lowest BCUT2D eigenvalue weighted by molar-refractivity contribution is -0.203. The van der Waals surface area contributed by atoms with Gasteiger partial charge in [-0.2, -0.15) is 0 Å². The minimum absolute atomic E-state index is 0.243. The van der Waals surface area contributed by atoms with Crippen LogP contribution in [0.15, 0.2) is 85.0 Å². The maximum atomic E-state index is 15.3. The van der Waals surface area contributed by atoms with Gasteiger partial charge in [0.25, 0.3) is 0 Å². The molecule has 2 nitrogen and oxygen atoms in total. The third-order valence-electron chi connectivity index (χ3n) is 6.96. The Bertz CT molecular complexity index is 1230. The van der Waals surface area contributed by atoms with Crippen LogP contribution in [0.5, 0.6) is 0 Å². The summed E-state index contributed by atoms with van der Waals surface area (Å²) in [7, 11) is 0. The lowest BCUT2D eigenvalue weighted by Crippen LogP contribution is -2.35. The highest BCUT2D eigenvalue weighted by Crippen LogP contribution is 2.35. The Hall–Kier alpha value is -3.08. The first-order chi connectivity index (χ1) is 18.6. The highest BCUT2D eigenvalue weighted by molar-refractivity contribution is 5.78. The molecule has 0 saturated carbocycles. The van der Waals surface area contributed by atoms with Gasteiger partial charge < -0.3 is 9.47 Å². The SMILES string of the molecule is CCCCCCCOC1(OCCC)C=CC(c2ccc(-c3ccc(-c4ccccc4)cc3)c(F)c2F)=CC1. The van der Waals surface area contributed by atoms with E-state index in [0.717, 1.165) is 30.4 Å². The highest BCUT2D eigenvalue weighted by Gasteiger charge is 2.31. The first-order valence-electron chi connectivity index (χ1n) is 13.9. The van der Waals surface area contributed by atoms with Crippen LogP contribution < -0.4 is 0 Å². The second kappa shape index (κ2) is 13.6. The molecule has 0 bridgehead atoms. The number of rotatable bonds is 13. The summed E-state index contributed by atoms with van der Waals surface area (Å²) in [5, 5.41) is 0. The molecule has 1 aliphatic rings. The average Bonchev–Trinajstić information content (AvgIpc) is 2.96. The second-order valence-corrected chi connectivity index (χ2v) is 9.85. The Labute approximate surface area is 226 Å². The molecule has 0 saturated heterocycles. The van der Waals surface area contributed by atoms with E-state index in [1.807, 2.05) is 66.7 Å². The molecule has 200 valence electrons. The van der Waals surface area contributed by atoms with Crippen LogP contribution in [-0.2, 0) is 9.47 Å². The Morgan fingerprint density at radius 3 is 1.97 bits per heavy atom. The second-order valence-electron chi connectivity index (χ2n) is 9.85. The Morgan fingerprint density at radius 2 is 1.29 bits per heavy atom. The van der Waals surface area contributed by atoms with Gasteiger partial charge >= 0.3 is 0 Å². The summed E-state index contributed by atoms with van der Waals surface area (Å²) in [5.41, 5.74) is 3.87. The van der Waals surface area contributed by atoms with Gasteiger partial charge in [0.1, 0.15) is 0 Å². The van der Waals surface area contributed by atoms with Gasteiger partial charge in [-0.05, 0) is 41.2 Å². The summed E-state index contributed by atoms with van der Waals surface area (Å²) in [6, 6.07) is 20.8. The molecule has 0 fully saturated rings. The van der Waals surface area contributed by atoms with Crippen LogP contribution in [0, 0.1) is 11.6 Å². The number of ether oxygens (including phenoxy) is 2. The van der Waals surface area contributed by atoms with E-state index < -0.39 is 17.4 Å². The summed E-state index contributed by atoms with van der Waals surface area (Å²) in [5.74, 6) is -2.53. The lowest BCUT2D eigenvalue weighted by Gasteiger charge is -2.32. The molecule has 38 heavy (non-hydrogen) atoms. The van der Waals surface area contributed by atoms with E-state index in [2.05, 4.69) is 13.8 Å². The van der Waals surface area contributed by atoms with Crippen molar-refractivity contribution < 1.29 is 18.3 Å². The van der Waals surface area contributed by atoms with Gasteiger partial charge in [0, 0.05) is 17.5 Å². The maximum Gasteiger partial charge on any atom is 0.191 e. The van der Waals surface area contributed by atoms with Gasteiger partial charge in [0.05, 0.1) is 13.2 Å². The van der Waals surface area contributed by atoms with E-state index in [4.69, 9.17) is 9.47 Å². The summed E-state index contributed by atoms with van der Waals surface area (Å²) in [4.78, 5) is 0. The van der Waals surface area contributed by atoms with Crippen molar-refractivity contribution in [1.29, 1.82) is 0 Å². The third-order valence-corrected chi connectivity index (χ3v) is 6.96. The van der Waals surface area contributed by atoms with Crippen LogP contribution in [0.1, 0.15) is 64.4 Å². The quantitative estimate of drug-likeness (QED) is 0.166. The molecule has 0 aromatic heterocycles. The number of halogens is 2. The van der Waals surface area contributed by atoms with E-state index in [1.54, 1.807) is 18.2 Å². The molecule has 1 aliphatic carbocycles. The van der Waals surface area contributed by atoms with Crippen molar-refractivity contribution in [1.82, 2.24) is 0 Å². The molecule has 0 amide bonds. The van der Waals surface area contributed by atoms with E-state index in [9.17, 15) is 0 Å². The molecule has 0 N–H and O–H groups in total. The van der Waals surface area contributed by atoms with Crippen LogP contribution in [0.25, 0.3) is 27.8 Å². The van der Waals surface area contributed by atoms with Crippen LogP contribution in [0.4, 0.5) is 8.78 Å². The lowest BCUT2D eigenvalue weighted by atomic mass is 9.93. The minimum Gasteiger partial charge on any atom is -0.346 e. The fraction of sp³-hybridized carbons (Fsp3) is 0.353. The molecule has 1 unspecified atom stereocenters. The largest absolute Gasteiger partial charge is 0.346 e. The van der Waals surface area contributed by atoms with E-state index in [1.165, 1.54) is 19.3 Å². The van der Waals surface area contributed by atoms with Crippen molar-refractivity contribution in [2.24, 2.45) is 0 Å². The van der Waals surface area contributed by atoms with Crippen LogP contribution in [0.2, 0.25) is 0 Å². The van der Waals surface area contributed by atoms with E-state index in [0.29, 0.717) is 30.8 Å². The Balaban J connectivity index is 1.47. The van der Waals surface area contributed by atoms with Gasteiger partial charge in [-0.3, -0.25) is 0 Å². The fourth-order valence-corrected chi connectivity index (χ4v) is 4.75. The Morgan fingerprint density at radius 1 is 0.658 bits per heavy atom. The number of allylic oxidation sites excluding steroid dienone is 2. The molecule has 4 heteroatoms. The van der Waals surface area contributed by atoms with Crippen molar-refractivity contribution in [2.75, 3.05) is 13.2 Å². The Kier molecular flexibility index (Phi) is 10.0. The van der Waals surface area contributed by atoms with Crippen LogP contribution in [-0.4, -0.2) is 19.0 Å². The fourth-order valence-electron chi connectivity index (χ4n) is 4.75. The molecular formula is C34H38F2O2. The molecule has 3 aromatic rings. The van der Waals surface area contributed by atoms with Crippen molar-refractivity contribution in [3.63, 3.8) is 0 Å². The predicted molar refractivity (Wildman–Crippen MR) is 153 cm³/mol. The van der Waals surface area contributed by atoms with Gasteiger partial charge in [-0.1, -0.05) is 118 Å². The van der Waals surface area contributed by atoms with Crippen LogP contribution in [0.3, 0.4) is 0 Å². The number of benzene rings is 3. The first kappa shape index (κ1) is 27.9. The normalized spacial score (nSPS) is 17.0. The van der Waals surface area contributed by atoms with Crippen molar-refractivity contribution in [2.45, 2.75) is 64.6 Å². The zero-order valence-corrected chi connectivity index (χ0v) is 22.5.